The van der Waals surface area contributed by atoms with Crippen molar-refractivity contribution >= 4 is 0 Å². The van der Waals surface area contributed by atoms with E-state index < -0.39 is 0 Å². The lowest BCUT2D eigenvalue weighted by Crippen LogP contribution is -2.03. The van der Waals surface area contributed by atoms with Gasteiger partial charge in [0.25, 0.3) is 0 Å². The minimum atomic E-state index is -0.0114. The fraction of sp³-hybridized carbons (Fsp3) is 0.375. The number of aliphatic hydroxyl groups is 1. The second kappa shape index (κ2) is 3.22. The second-order valence-electron chi connectivity index (χ2n) is 2.30. The van der Waals surface area contributed by atoms with Gasteiger partial charge in [0, 0.05) is 0 Å². The molecular weight excluding hydrogens is 140 g/mol. The van der Waals surface area contributed by atoms with Crippen molar-refractivity contribution in [3.8, 4) is 12.3 Å². The summed E-state index contributed by atoms with van der Waals surface area (Å²) in [6.45, 7) is 2.28. The molecule has 58 valence electrons. The Morgan fingerprint density at radius 3 is 3.09 bits per heavy atom. The third-order valence-corrected chi connectivity index (χ3v) is 1.39. The summed E-state index contributed by atoms with van der Waals surface area (Å²) in [5.41, 5.74) is 1.64. The van der Waals surface area contributed by atoms with Crippen LogP contribution in [0.4, 0.5) is 0 Å². The van der Waals surface area contributed by atoms with E-state index in [1.54, 1.807) is 4.68 Å². The quantitative estimate of drug-likeness (QED) is 0.616. The van der Waals surface area contributed by atoms with Gasteiger partial charge in [-0.25, -0.2) is 0 Å². The zero-order valence-electron chi connectivity index (χ0n) is 6.41. The highest BCUT2D eigenvalue weighted by molar-refractivity contribution is 5.09. The Bertz CT molecular complexity index is 283. The van der Waals surface area contributed by atoms with E-state index in [-0.39, 0.29) is 6.61 Å². The van der Waals surface area contributed by atoms with Crippen molar-refractivity contribution in [1.29, 1.82) is 0 Å². The summed E-state index contributed by atoms with van der Waals surface area (Å²) < 4.78 is 1.62. The SMILES string of the molecule is C#CCn1nc(C)cc1CO. The Morgan fingerprint density at radius 1 is 1.82 bits per heavy atom. The molecule has 1 aromatic heterocycles. The molecule has 0 unspecified atom stereocenters. The first-order valence-corrected chi connectivity index (χ1v) is 3.35. The maximum Gasteiger partial charge on any atom is 0.102 e. The van der Waals surface area contributed by atoms with Gasteiger partial charge in [-0.2, -0.15) is 5.10 Å². The van der Waals surface area contributed by atoms with E-state index in [2.05, 4.69) is 11.0 Å². The number of hydrogen-bond acceptors (Lipinski definition) is 2. The fourth-order valence-corrected chi connectivity index (χ4v) is 0.950. The van der Waals surface area contributed by atoms with Crippen LogP contribution in [0.5, 0.6) is 0 Å². The summed E-state index contributed by atoms with van der Waals surface area (Å²) in [6, 6.07) is 1.82. The van der Waals surface area contributed by atoms with Crippen molar-refractivity contribution in [3.05, 3.63) is 17.5 Å². The molecule has 0 spiro atoms. The molecule has 0 amide bonds. The van der Waals surface area contributed by atoms with Gasteiger partial charge in [-0.05, 0) is 13.0 Å². The van der Waals surface area contributed by atoms with E-state index in [0.29, 0.717) is 6.54 Å². The molecule has 0 saturated heterocycles. The molecule has 1 aromatic rings. The first-order chi connectivity index (χ1) is 5.27. The smallest absolute Gasteiger partial charge is 0.102 e. The van der Waals surface area contributed by atoms with Crippen LogP contribution < -0.4 is 0 Å². The Kier molecular flexibility index (Phi) is 2.29. The van der Waals surface area contributed by atoms with Crippen molar-refractivity contribution in [2.24, 2.45) is 0 Å². The summed E-state index contributed by atoms with van der Waals surface area (Å²) in [4.78, 5) is 0. The first kappa shape index (κ1) is 7.83. The van der Waals surface area contributed by atoms with Gasteiger partial charge < -0.3 is 5.11 Å². The minimum Gasteiger partial charge on any atom is -0.390 e. The molecule has 3 heteroatoms. The average molecular weight is 150 g/mol. The number of aliphatic hydroxyl groups excluding tert-OH is 1. The van der Waals surface area contributed by atoms with Crippen molar-refractivity contribution in [1.82, 2.24) is 9.78 Å². The van der Waals surface area contributed by atoms with Gasteiger partial charge in [0.15, 0.2) is 0 Å². The number of hydrogen-bond donors (Lipinski definition) is 1. The van der Waals surface area contributed by atoms with Gasteiger partial charge in [0.1, 0.15) is 6.54 Å². The molecular formula is C8H10N2O. The number of aryl methyl sites for hydroxylation is 1. The lowest BCUT2D eigenvalue weighted by molar-refractivity contribution is 0.269. The van der Waals surface area contributed by atoms with Gasteiger partial charge in [-0.3, -0.25) is 4.68 Å². The van der Waals surface area contributed by atoms with Gasteiger partial charge in [-0.15, -0.1) is 6.42 Å². The zero-order chi connectivity index (χ0) is 8.27. The Hall–Kier alpha value is -1.27. The van der Waals surface area contributed by atoms with Crippen molar-refractivity contribution in [2.45, 2.75) is 20.1 Å². The van der Waals surface area contributed by atoms with Crippen molar-refractivity contribution < 1.29 is 5.11 Å². The number of nitrogens with zero attached hydrogens (tertiary/aromatic N) is 2. The third-order valence-electron chi connectivity index (χ3n) is 1.39. The molecule has 0 fully saturated rings. The summed E-state index contributed by atoms with van der Waals surface area (Å²) in [5, 5.41) is 12.9. The Labute approximate surface area is 65.7 Å². The van der Waals surface area contributed by atoms with Gasteiger partial charge in [-0.1, -0.05) is 5.92 Å². The molecule has 0 aromatic carbocycles. The maximum absolute atomic E-state index is 8.83. The van der Waals surface area contributed by atoms with Crippen LogP contribution in [0.15, 0.2) is 6.07 Å². The van der Waals surface area contributed by atoms with E-state index >= 15 is 0 Å². The van der Waals surface area contributed by atoms with E-state index in [9.17, 15) is 0 Å². The van der Waals surface area contributed by atoms with Crippen LogP contribution in [-0.4, -0.2) is 14.9 Å². The normalized spacial score (nSPS) is 9.55. The Balaban J connectivity index is 2.94. The molecule has 0 bridgehead atoms. The lowest BCUT2D eigenvalue weighted by Gasteiger charge is -1.97. The summed E-state index contributed by atoms with van der Waals surface area (Å²) in [5.74, 6) is 2.46. The van der Waals surface area contributed by atoms with Crippen LogP contribution >= 0.6 is 0 Å². The molecule has 3 nitrogen and oxygen atoms in total. The molecule has 0 saturated carbocycles. The topological polar surface area (TPSA) is 38.0 Å². The van der Waals surface area contributed by atoms with E-state index in [4.69, 9.17) is 11.5 Å². The maximum atomic E-state index is 8.83. The number of terminal acetylenes is 1. The first-order valence-electron chi connectivity index (χ1n) is 3.35. The highest BCUT2D eigenvalue weighted by Crippen LogP contribution is 2.02. The number of aromatic nitrogens is 2. The van der Waals surface area contributed by atoms with Crippen molar-refractivity contribution in [3.63, 3.8) is 0 Å². The van der Waals surface area contributed by atoms with Crippen molar-refractivity contribution in [2.75, 3.05) is 0 Å². The highest BCUT2D eigenvalue weighted by Gasteiger charge is 2.01. The van der Waals surface area contributed by atoms with Crippen LogP contribution in [0.3, 0.4) is 0 Å². The molecule has 0 atom stereocenters. The van der Waals surface area contributed by atoms with E-state index in [0.717, 1.165) is 11.4 Å². The molecule has 1 rings (SSSR count). The minimum absolute atomic E-state index is 0.0114. The Morgan fingerprint density at radius 2 is 2.55 bits per heavy atom. The van der Waals surface area contributed by atoms with Crippen LogP contribution in [0.2, 0.25) is 0 Å². The molecule has 0 aliphatic rings. The highest BCUT2D eigenvalue weighted by atomic mass is 16.3. The fourth-order valence-electron chi connectivity index (χ4n) is 0.950. The van der Waals surface area contributed by atoms with Crippen LogP contribution in [-0.2, 0) is 13.2 Å². The summed E-state index contributed by atoms with van der Waals surface area (Å²) in [6.07, 6.45) is 5.10. The molecule has 0 aliphatic carbocycles. The lowest BCUT2D eigenvalue weighted by atomic mass is 10.4. The van der Waals surface area contributed by atoms with Gasteiger partial charge in [0.05, 0.1) is 18.0 Å². The van der Waals surface area contributed by atoms with Gasteiger partial charge >= 0.3 is 0 Å². The van der Waals surface area contributed by atoms with E-state index in [1.165, 1.54) is 0 Å². The largest absolute Gasteiger partial charge is 0.390 e. The predicted octanol–water partition coefficient (Wildman–Crippen LogP) is 0.317. The van der Waals surface area contributed by atoms with Crippen LogP contribution in [0.1, 0.15) is 11.4 Å². The molecule has 1 heterocycles. The molecule has 0 radical (unpaired) electrons. The zero-order valence-corrected chi connectivity index (χ0v) is 6.41. The van der Waals surface area contributed by atoms with Crippen LogP contribution in [0.25, 0.3) is 0 Å². The predicted molar refractivity (Wildman–Crippen MR) is 41.7 cm³/mol. The standard InChI is InChI=1S/C8H10N2O/c1-3-4-10-8(6-11)5-7(2)9-10/h1,5,11H,4,6H2,2H3. The average Bonchev–Trinajstić information content (AvgIpc) is 2.32. The number of rotatable bonds is 2. The second-order valence-corrected chi connectivity index (χ2v) is 2.30. The van der Waals surface area contributed by atoms with E-state index in [1.807, 2.05) is 13.0 Å². The third kappa shape index (κ3) is 1.60. The monoisotopic (exact) mass is 150 g/mol. The summed E-state index contributed by atoms with van der Waals surface area (Å²) >= 11 is 0. The molecule has 0 aliphatic heterocycles. The summed E-state index contributed by atoms with van der Waals surface area (Å²) in [7, 11) is 0. The molecule has 1 N–H and O–H groups in total. The van der Waals surface area contributed by atoms with Gasteiger partial charge in [0.2, 0.25) is 0 Å². The van der Waals surface area contributed by atoms with Crippen LogP contribution in [0, 0.1) is 19.3 Å². The molecule has 11 heavy (non-hydrogen) atoms.